The molecule has 0 atom stereocenters. The van der Waals surface area contributed by atoms with Crippen LogP contribution in [0.15, 0.2) is 24.3 Å². The van der Waals surface area contributed by atoms with Crippen LogP contribution >= 0.6 is 0 Å². The van der Waals surface area contributed by atoms with Crippen molar-refractivity contribution in [2.75, 3.05) is 19.0 Å². The Morgan fingerprint density at radius 3 is 2.42 bits per heavy atom. The summed E-state index contributed by atoms with van der Waals surface area (Å²) in [5, 5.41) is 2.30. The maximum Gasteiger partial charge on any atom is 0.162 e. The number of carbonyl (C=O) groups is 1. The Hall–Kier alpha value is -1.83. The van der Waals surface area contributed by atoms with Gasteiger partial charge in [0.25, 0.3) is 0 Å². The fourth-order valence-electron chi connectivity index (χ4n) is 3.13. The second-order valence-electron chi connectivity index (χ2n) is 5.61. The molecule has 2 aromatic rings. The van der Waals surface area contributed by atoms with Gasteiger partial charge in [-0.15, -0.1) is 0 Å². The Bertz CT molecular complexity index is 671. The SMILES string of the molecule is CC(=O)c1c(N(C)C)ccc2cc3c(cc12)CCC3. The number of aryl methyl sites for hydroxylation is 2. The Morgan fingerprint density at radius 1 is 1.11 bits per heavy atom. The van der Waals surface area contributed by atoms with Crippen LogP contribution in [0.2, 0.25) is 0 Å². The van der Waals surface area contributed by atoms with E-state index in [1.54, 1.807) is 6.92 Å². The van der Waals surface area contributed by atoms with Gasteiger partial charge in [0.05, 0.1) is 0 Å². The Labute approximate surface area is 114 Å². The quantitative estimate of drug-likeness (QED) is 0.762. The Balaban J connectivity index is 2.36. The third-order valence-corrected chi connectivity index (χ3v) is 4.04. The predicted molar refractivity (Wildman–Crippen MR) is 80.3 cm³/mol. The number of benzene rings is 2. The van der Waals surface area contributed by atoms with E-state index in [9.17, 15) is 4.79 Å². The number of rotatable bonds is 2. The van der Waals surface area contributed by atoms with Gasteiger partial charge < -0.3 is 4.90 Å². The van der Waals surface area contributed by atoms with E-state index in [1.165, 1.54) is 29.4 Å². The second-order valence-corrected chi connectivity index (χ2v) is 5.61. The van der Waals surface area contributed by atoms with E-state index in [0.717, 1.165) is 23.1 Å². The van der Waals surface area contributed by atoms with E-state index in [2.05, 4.69) is 24.3 Å². The van der Waals surface area contributed by atoms with E-state index in [-0.39, 0.29) is 5.78 Å². The molecule has 0 saturated heterocycles. The van der Waals surface area contributed by atoms with E-state index in [1.807, 2.05) is 19.0 Å². The molecule has 98 valence electrons. The molecule has 2 heteroatoms. The molecule has 0 saturated carbocycles. The summed E-state index contributed by atoms with van der Waals surface area (Å²) in [5.41, 5.74) is 4.75. The second kappa shape index (κ2) is 4.37. The highest BCUT2D eigenvalue weighted by atomic mass is 16.1. The number of hydrogen-bond acceptors (Lipinski definition) is 2. The minimum absolute atomic E-state index is 0.146. The summed E-state index contributed by atoms with van der Waals surface area (Å²) < 4.78 is 0. The Kier molecular flexibility index (Phi) is 2.81. The molecule has 1 aliphatic carbocycles. The van der Waals surface area contributed by atoms with Crippen molar-refractivity contribution in [2.45, 2.75) is 26.2 Å². The van der Waals surface area contributed by atoms with E-state index in [0.29, 0.717) is 0 Å². The van der Waals surface area contributed by atoms with Crippen molar-refractivity contribution < 1.29 is 4.79 Å². The van der Waals surface area contributed by atoms with Crippen LogP contribution in [-0.4, -0.2) is 19.9 Å². The molecule has 0 heterocycles. The van der Waals surface area contributed by atoms with Crippen LogP contribution in [0, 0.1) is 0 Å². The lowest BCUT2D eigenvalue weighted by atomic mass is 9.95. The smallest absolute Gasteiger partial charge is 0.162 e. The van der Waals surface area contributed by atoms with Gasteiger partial charge in [0.2, 0.25) is 0 Å². The molecule has 0 aliphatic heterocycles. The summed E-state index contributed by atoms with van der Waals surface area (Å²) in [5.74, 6) is 0.146. The van der Waals surface area contributed by atoms with Crippen molar-refractivity contribution >= 4 is 22.2 Å². The molecule has 0 radical (unpaired) electrons. The molecule has 0 bridgehead atoms. The van der Waals surface area contributed by atoms with Crippen molar-refractivity contribution in [3.8, 4) is 0 Å². The largest absolute Gasteiger partial charge is 0.377 e. The fourth-order valence-corrected chi connectivity index (χ4v) is 3.13. The average molecular weight is 253 g/mol. The van der Waals surface area contributed by atoms with Crippen LogP contribution in [0.1, 0.15) is 34.8 Å². The number of hydrogen-bond donors (Lipinski definition) is 0. The number of anilines is 1. The van der Waals surface area contributed by atoms with Gasteiger partial charge in [0.15, 0.2) is 5.78 Å². The molecule has 0 unspecified atom stereocenters. The number of ketones is 1. The number of carbonyl (C=O) groups excluding carboxylic acids is 1. The summed E-state index contributed by atoms with van der Waals surface area (Å²) in [4.78, 5) is 14.1. The van der Waals surface area contributed by atoms with Gasteiger partial charge in [-0.25, -0.2) is 0 Å². The van der Waals surface area contributed by atoms with Crippen molar-refractivity contribution in [1.82, 2.24) is 0 Å². The molecule has 2 aromatic carbocycles. The third kappa shape index (κ3) is 1.92. The topological polar surface area (TPSA) is 20.3 Å². The normalized spacial score (nSPS) is 13.6. The lowest BCUT2D eigenvalue weighted by Crippen LogP contribution is -2.13. The van der Waals surface area contributed by atoms with Crippen molar-refractivity contribution in [1.29, 1.82) is 0 Å². The zero-order valence-corrected chi connectivity index (χ0v) is 11.8. The molecule has 19 heavy (non-hydrogen) atoms. The van der Waals surface area contributed by atoms with Crippen LogP contribution in [0.3, 0.4) is 0 Å². The highest BCUT2D eigenvalue weighted by Gasteiger charge is 2.17. The van der Waals surface area contributed by atoms with Gasteiger partial charge in [0.1, 0.15) is 0 Å². The molecule has 0 spiro atoms. The van der Waals surface area contributed by atoms with Gasteiger partial charge in [-0.3, -0.25) is 4.79 Å². The standard InChI is InChI=1S/C17H19NO/c1-11(19)17-15-10-13-6-4-5-12(13)9-14(15)7-8-16(17)18(2)3/h7-10H,4-6H2,1-3H3. The number of Topliss-reactive ketones (excluding diaryl/α,β-unsaturated/α-hetero) is 1. The monoisotopic (exact) mass is 253 g/mol. The van der Waals surface area contributed by atoms with Gasteiger partial charge in [-0.2, -0.15) is 0 Å². The molecule has 0 amide bonds. The van der Waals surface area contributed by atoms with Gasteiger partial charge in [-0.05, 0) is 54.2 Å². The Morgan fingerprint density at radius 2 is 1.79 bits per heavy atom. The first-order valence-corrected chi connectivity index (χ1v) is 6.84. The molecular formula is C17H19NO. The van der Waals surface area contributed by atoms with Crippen molar-refractivity contribution in [2.24, 2.45) is 0 Å². The summed E-state index contributed by atoms with van der Waals surface area (Å²) >= 11 is 0. The first-order valence-electron chi connectivity index (χ1n) is 6.84. The minimum Gasteiger partial charge on any atom is -0.377 e. The zero-order valence-electron chi connectivity index (χ0n) is 11.8. The van der Waals surface area contributed by atoms with E-state index in [4.69, 9.17) is 0 Å². The number of nitrogens with zero attached hydrogens (tertiary/aromatic N) is 1. The van der Waals surface area contributed by atoms with Crippen molar-refractivity contribution in [3.63, 3.8) is 0 Å². The van der Waals surface area contributed by atoms with Crippen molar-refractivity contribution in [3.05, 3.63) is 41.0 Å². The summed E-state index contributed by atoms with van der Waals surface area (Å²) in [6.45, 7) is 1.66. The van der Waals surface area contributed by atoms with E-state index >= 15 is 0 Å². The minimum atomic E-state index is 0.146. The molecule has 0 aromatic heterocycles. The molecule has 0 fully saturated rings. The lowest BCUT2D eigenvalue weighted by molar-refractivity contribution is 0.101. The molecule has 2 nitrogen and oxygen atoms in total. The maximum atomic E-state index is 12.1. The molecule has 0 N–H and O–H groups in total. The third-order valence-electron chi connectivity index (χ3n) is 4.04. The van der Waals surface area contributed by atoms with Crippen LogP contribution in [0.4, 0.5) is 5.69 Å². The summed E-state index contributed by atoms with van der Waals surface area (Å²) in [6, 6.07) is 8.70. The summed E-state index contributed by atoms with van der Waals surface area (Å²) in [7, 11) is 3.97. The highest BCUT2D eigenvalue weighted by Crippen LogP contribution is 2.33. The number of fused-ring (bicyclic) bond motifs is 2. The highest BCUT2D eigenvalue weighted by molar-refractivity contribution is 6.12. The van der Waals surface area contributed by atoms with E-state index < -0.39 is 0 Å². The first-order chi connectivity index (χ1) is 9.08. The van der Waals surface area contributed by atoms with Crippen LogP contribution in [-0.2, 0) is 12.8 Å². The van der Waals surface area contributed by atoms with Crippen LogP contribution < -0.4 is 4.90 Å². The molecular weight excluding hydrogens is 234 g/mol. The molecule has 3 rings (SSSR count). The van der Waals surface area contributed by atoms with Crippen LogP contribution in [0.5, 0.6) is 0 Å². The maximum absolute atomic E-state index is 12.1. The average Bonchev–Trinajstić information content (AvgIpc) is 2.81. The lowest BCUT2D eigenvalue weighted by Gasteiger charge is -2.18. The fraction of sp³-hybridized carbons (Fsp3) is 0.353. The summed E-state index contributed by atoms with van der Waals surface area (Å²) in [6.07, 6.45) is 3.56. The van der Waals surface area contributed by atoms with Gasteiger partial charge >= 0.3 is 0 Å². The zero-order chi connectivity index (χ0) is 13.6. The van der Waals surface area contributed by atoms with Crippen LogP contribution in [0.25, 0.3) is 10.8 Å². The molecule has 1 aliphatic rings. The first kappa shape index (κ1) is 12.2. The van der Waals surface area contributed by atoms with Gasteiger partial charge in [-0.1, -0.05) is 18.2 Å². The predicted octanol–water partition coefficient (Wildman–Crippen LogP) is 3.60. The van der Waals surface area contributed by atoms with Gasteiger partial charge in [0, 0.05) is 25.3 Å².